The van der Waals surface area contributed by atoms with Gasteiger partial charge in [-0.3, -0.25) is 9.78 Å². The summed E-state index contributed by atoms with van der Waals surface area (Å²) in [6.45, 7) is 9.31. The largest absolute Gasteiger partial charge is 0.351 e. The molecular weight excluding hydrogens is 488 g/mol. The van der Waals surface area contributed by atoms with Gasteiger partial charge in [0.05, 0.1) is 18.1 Å². The van der Waals surface area contributed by atoms with Crippen LogP contribution in [0.2, 0.25) is 0 Å². The van der Waals surface area contributed by atoms with Gasteiger partial charge in [0.25, 0.3) is 5.91 Å². The highest BCUT2D eigenvalue weighted by Gasteiger charge is 2.27. The topological polar surface area (TPSA) is 100 Å². The van der Waals surface area contributed by atoms with Crippen LogP contribution < -0.4 is 15.1 Å². The number of carbonyl (C=O) groups excluding carboxylic acids is 1. The minimum atomic E-state index is -0.233. The molecule has 1 aliphatic rings. The van der Waals surface area contributed by atoms with E-state index < -0.39 is 0 Å². The Balaban J connectivity index is 1.18. The van der Waals surface area contributed by atoms with Crippen LogP contribution >= 0.6 is 0 Å². The fraction of sp³-hybridized carbons (Fsp3) is 0.333. The van der Waals surface area contributed by atoms with E-state index in [1.54, 1.807) is 18.6 Å². The molecule has 3 aromatic heterocycles. The van der Waals surface area contributed by atoms with Crippen LogP contribution in [0.4, 0.5) is 11.6 Å². The molecule has 5 rings (SSSR count). The van der Waals surface area contributed by atoms with Crippen LogP contribution in [0.15, 0.2) is 67.1 Å². The number of nitrogens with zero attached hydrogens (tertiary/aromatic N) is 7. The molecule has 0 spiro atoms. The van der Waals surface area contributed by atoms with Gasteiger partial charge in [-0.05, 0) is 49.6 Å². The zero-order valence-corrected chi connectivity index (χ0v) is 22.7. The van der Waals surface area contributed by atoms with Gasteiger partial charge in [0.2, 0.25) is 0 Å². The highest BCUT2D eigenvalue weighted by atomic mass is 16.1. The molecule has 1 fully saturated rings. The lowest BCUT2D eigenvalue weighted by molar-refractivity contribution is 0.0948. The van der Waals surface area contributed by atoms with Crippen molar-refractivity contribution in [3.05, 3.63) is 101 Å². The lowest BCUT2D eigenvalue weighted by Crippen LogP contribution is -2.53. The SMILES string of the molecule is Cc1c(Cc2ccccc2)nnc(N2CCN(c3cnc(C(=O)NCCc4ccccn4)cn3)[C@H](C)C2)c1C. The zero-order valence-electron chi connectivity index (χ0n) is 22.7. The summed E-state index contributed by atoms with van der Waals surface area (Å²) in [7, 11) is 0. The second-order valence-corrected chi connectivity index (χ2v) is 9.96. The number of amides is 1. The minimum Gasteiger partial charge on any atom is -0.351 e. The standard InChI is InChI=1S/C30H34N8O/c1-21-20-37(29-23(3)22(2)26(35-36-29)17-24-9-5-4-6-10-24)15-16-38(21)28-19-33-27(18-34-28)30(39)32-14-12-25-11-7-8-13-31-25/h4-11,13,18-19,21H,12,14-17,20H2,1-3H3,(H,32,39)/t21-/m1/s1. The van der Waals surface area contributed by atoms with Gasteiger partial charge in [0.1, 0.15) is 11.5 Å². The maximum atomic E-state index is 12.5. The number of piperazine rings is 1. The van der Waals surface area contributed by atoms with Gasteiger partial charge in [0, 0.05) is 57.0 Å². The van der Waals surface area contributed by atoms with Crippen molar-refractivity contribution in [3.63, 3.8) is 0 Å². The third-order valence-electron chi connectivity index (χ3n) is 7.30. The number of hydrogen-bond acceptors (Lipinski definition) is 8. The van der Waals surface area contributed by atoms with Crippen molar-refractivity contribution in [1.29, 1.82) is 0 Å². The Labute approximate surface area is 229 Å². The Bertz CT molecular complexity index is 1400. The number of carbonyl (C=O) groups is 1. The molecule has 1 amide bonds. The second kappa shape index (κ2) is 12.0. The summed E-state index contributed by atoms with van der Waals surface area (Å²) in [5.74, 6) is 1.48. The molecule has 0 unspecified atom stereocenters. The predicted molar refractivity (Wildman–Crippen MR) is 152 cm³/mol. The molecule has 1 N–H and O–H groups in total. The van der Waals surface area contributed by atoms with Gasteiger partial charge in [0.15, 0.2) is 5.82 Å². The summed E-state index contributed by atoms with van der Waals surface area (Å²) in [5, 5.41) is 12.1. The Morgan fingerprint density at radius 2 is 1.77 bits per heavy atom. The van der Waals surface area contributed by atoms with E-state index in [9.17, 15) is 4.79 Å². The maximum absolute atomic E-state index is 12.5. The van der Waals surface area contributed by atoms with E-state index in [0.29, 0.717) is 18.7 Å². The first-order chi connectivity index (χ1) is 19.0. The van der Waals surface area contributed by atoms with Crippen LogP contribution in [-0.4, -0.2) is 63.3 Å². The van der Waals surface area contributed by atoms with Gasteiger partial charge in [-0.1, -0.05) is 36.4 Å². The Hall–Kier alpha value is -4.40. The van der Waals surface area contributed by atoms with Gasteiger partial charge >= 0.3 is 0 Å². The summed E-state index contributed by atoms with van der Waals surface area (Å²) in [6, 6.07) is 16.3. The van der Waals surface area contributed by atoms with Crippen molar-refractivity contribution in [1.82, 2.24) is 30.5 Å². The van der Waals surface area contributed by atoms with Crippen LogP contribution in [0, 0.1) is 13.8 Å². The first-order valence-electron chi connectivity index (χ1n) is 13.4. The average Bonchev–Trinajstić information content (AvgIpc) is 2.97. The monoisotopic (exact) mass is 522 g/mol. The Kier molecular flexibility index (Phi) is 8.05. The number of pyridine rings is 1. The van der Waals surface area contributed by atoms with Gasteiger partial charge < -0.3 is 15.1 Å². The van der Waals surface area contributed by atoms with Crippen LogP contribution in [0.25, 0.3) is 0 Å². The normalized spacial score (nSPS) is 15.3. The number of benzene rings is 1. The molecule has 4 aromatic rings. The molecule has 39 heavy (non-hydrogen) atoms. The van der Waals surface area contributed by atoms with E-state index >= 15 is 0 Å². The van der Waals surface area contributed by atoms with Crippen molar-refractivity contribution in [2.45, 2.75) is 39.7 Å². The third-order valence-corrected chi connectivity index (χ3v) is 7.30. The Morgan fingerprint density at radius 1 is 0.949 bits per heavy atom. The van der Waals surface area contributed by atoms with Crippen LogP contribution in [-0.2, 0) is 12.8 Å². The third kappa shape index (κ3) is 6.19. The fourth-order valence-electron chi connectivity index (χ4n) is 4.92. The number of hydrogen-bond donors (Lipinski definition) is 1. The first kappa shape index (κ1) is 26.2. The summed E-state index contributed by atoms with van der Waals surface area (Å²) in [5.41, 5.74) is 5.87. The lowest BCUT2D eigenvalue weighted by Gasteiger charge is -2.41. The minimum absolute atomic E-state index is 0.191. The van der Waals surface area contributed by atoms with Crippen LogP contribution in [0.3, 0.4) is 0 Å². The molecule has 1 atom stereocenters. The van der Waals surface area contributed by atoms with Crippen molar-refractivity contribution >= 4 is 17.5 Å². The molecule has 200 valence electrons. The molecule has 0 radical (unpaired) electrons. The first-order valence-corrected chi connectivity index (χ1v) is 13.4. The highest BCUT2D eigenvalue weighted by Crippen LogP contribution is 2.26. The van der Waals surface area contributed by atoms with E-state index in [0.717, 1.165) is 49.1 Å². The molecule has 1 aliphatic heterocycles. The maximum Gasteiger partial charge on any atom is 0.271 e. The number of anilines is 2. The quantitative estimate of drug-likeness (QED) is 0.375. The summed E-state index contributed by atoms with van der Waals surface area (Å²) < 4.78 is 0. The summed E-state index contributed by atoms with van der Waals surface area (Å²) >= 11 is 0. The van der Waals surface area contributed by atoms with E-state index in [4.69, 9.17) is 0 Å². The molecule has 0 saturated carbocycles. The van der Waals surface area contributed by atoms with Gasteiger partial charge in [-0.15, -0.1) is 5.10 Å². The molecule has 9 heteroatoms. The van der Waals surface area contributed by atoms with Gasteiger partial charge in [-0.25, -0.2) is 9.97 Å². The summed E-state index contributed by atoms with van der Waals surface area (Å²) in [6.07, 6.45) is 6.43. The van der Waals surface area contributed by atoms with Crippen LogP contribution in [0.5, 0.6) is 0 Å². The highest BCUT2D eigenvalue weighted by molar-refractivity contribution is 5.92. The van der Waals surface area contributed by atoms with Crippen molar-refractivity contribution < 1.29 is 4.79 Å². The molecule has 0 bridgehead atoms. The Morgan fingerprint density at radius 3 is 2.49 bits per heavy atom. The van der Waals surface area contributed by atoms with E-state index in [1.807, 2.05) is 24.3 Å². The van der Waals surface area contributed by atoms with E-state index in [-0.39, 0.29) is 11.9 Å². The number of nitrogens with one attached hydrogen (secondary N) is 1. The zero-order chi connectivity index (χ0) is 27.2. The van der Waals surface area contributed by atoms with Gasteiger partial charge in [-0.2, -0.15) is 5.10 Å². The number of rotatable bonds is 8. The van der Waals surface area contributed by atoms with Crippen LogP contribution in [0.1, 0.15) is 45.5 Å². The fourth-order valence-corrected chi connectivity index (χ4v) is 4.92. The van der Waals surface area contributed by atoms with E-state index in [1.165, 1.54) is 16.7 Å². The smallest absolute Gasteiger partial charge is 0.271 e. The molecule has 1 saturated heterocycles. The van der Waals surface area contributed by atoms with Crippen molar-refractivity contribution in [3.8, 4) is 0 Å². The molecule has 4 heterocycles. The summed E-state index contributed by atoms with van der Waals surface area (Å²) in [4.78, 5) is 30.3. The average molecular weight is 523 g/mol. The van der Waals surface area contributed by atoms with E-state index in [2.05, 4.69) is 85.3 Å². The molecule has 1 aromatic carbocycles. The predicted octanol–water partition coefficient (Wildman–Crippen LogP) is 3.56. The molecule has 0 aliphatic carbocycles. The van der Waals surface area contributed by atoms with Crippen molar-refractivity contribution in [2.24, 2.45) is 0 Å². The number of aromatic nitrogens is 5. The molecular formula is C30H34N8O. The second-order valence-electron chi connectivity index (χ2n) is 9.96. The lowest BCUT2D eigenvalue weighted by atomic mass is 10.0. The van der Waals surface area contributed by atoms with Crippen molar-refractivity contribution in [2.75, 3.05) is 36.0 Å². The molecule has 9 nitrogen and oxygen atoms in total.